The van der Waals surface area contributed by atoms with Crippen molar-refractivity contribution in [2.24, 2.45) is 5.73 Å². The van der Waals surface area contributed by atoms with Gasteiger partial charge in [-0.25, -0.2) is 4.39 Å². The Morgan fingerprint density at radius 3 is 3.00 bits per heavy atom. The van der Waals surface area contributed by atoms with Crippen LogP contribution in [0, 0.1) is 17.1 Å². The molecule has 0 saturated heterocycles. The Kier molecular flexibility index (Phi) is 5.08. The normalized spacial score (nSPS) is 11.4. The van der Waals surface area contributed by atoms with Gasteiger partial charge < -0.3 is 15.8 Å². The third-order valence-electron chi connectivity index (χ3n) is 2.19. The number of carbonyl (C=O) groups excluding carboxylic acids is 1. The zero-order valence-electron chi connectivity index (χ0n) is 9.94. The summed E-state index contributed by atoms with van der Waals surface area (Å²) in [6.07, 6.45) is 0. The monoisotopic (exact) mass is 251 g/mol. The van der Waals surface area contributed by atoms with Gasteiger partial charge in [0.05, 0.1) is 6.07 Å². The summed E-state index contributed by atoms with van der Waals surface area (Å²) in [7, 11) is 0. The second kappa shape index (κ2) is 6.57. The van der Waals surface area contributed by atoms with E-state index >= 15 is 0 Å². The molecule has 0 aliphatic rings. The van der Waals surface area contributed by atoms with Crippen LogP contribution >= 0.6 is 0 Å². The van der Waals surface area contributed by atoms with Crippen molar-refractivity contribution in [1.82, 2.24) is 5.32 Å². The van der Waals surface area contributed by atoms with Gasteiger partial charge in [-0.1, -0.05) is 6.07 Å². The Hall–Kier alpha value is -2.13. The molecule has 1 aromatic rings. The molecule has 0 saturated carbocycles. The van der Waals surface area contributed by atoms with Crippen molar-refractivity contribution in [3.8, 4) is 11.8 Å². The molecule has 0 spiro atoms. The maximum absolute atomic E-state index is 13.1. The molecule has 1 aromatic carbocycles. The zero-order valence-corrected chi connectivity index (χ0v) is 9.94. The lowest BCUT2D eigenvalue weighted by atomic mass is 10.1. The van der Waals surface area contributed by atoms with E-state index in [2.05, 4.69) is 5.32 Å². The second-order valence-corrected chi connectivity index (χ2v) is 3.69. The van der Waals surface area contributed by atoms with Crippen LogP contribution in [0.15, 0.2) is 18.2 Å². The molecule has 3 N–H and O–H groups in total. The molecular weight excluding hydrogens is 237 g/mol. The van der Waals surface area contributed by atoms with Gasteiger partial charge in [0.2, 0.25) is 0 Å². The fourth-order valence-electron chi connectivity index (χ4n) is 1.34. The van der Waals surface area contributed by atoms with Crippen LogP contribution in [0.3, 0.4) is 0 Å². The van der Waals surface area contributed by atoms with E-state index in [1.54, 1.807) is 13.0 Å². The highest BCUT2D eigenvalue weighted by molar-refractivity contribution is 5.77. The van der Waals surface area contributed by atoms with Crippen molar-refractivity contribution in [1.29, 1.82) is 5.26 Å². The molecule has 0 aliphatic heterocycles. The number of nitrogens with zero attached hydrogens (tertiary/aromatic N) is 1. The molecular formula is C12H14FN3O2. The lowest BCUT2D eigenvalue weighted by Gasteiger charge is -2.13. The van der Waals surface area contributed by atoms with Crippen LogP contribution in [0.25, 0.3) is 0 Å². The molecule has 96 valence electrons. The fraction of sp³-hybridized carbons (Fsp3) is 0.333. The number of rotatable bonds is 5. The highest BCUT2D eigenvalue weighted by Crippen LogP contribution is 2.24. The molecule has 0 aromatic heterocycles. The van der Waals surface area contributed by atoms with Gasteiger partial charge >= 0.3 is 0 Å². The first-order valence-corrected chi connectivity index (χ1v) is 5.36. The van der Waals surface area contributed by atoms with Crippen LogP contribution in [0.1, 0.15) is 18.5 Å². The summed E-state index contributed by atoms with van der Waals surface area (Å²) < 4.78 is 18.3. The number of hydrogen-bond donors (Lipinski definition) is 2. The van der Waals surface area contributed by atoms with Crippen molar-refractivity contribution >= 4 is 5.91 Å². The highest BCUT2D eigenvalue weighted by Gasteiger charge is 2.11. The number of halogens is 1. The lowest BCUT2D eigenvalue weighted by Crippen LogP contribution is -2.29. The molecule has 1 atom stereocenters. The third kappa shape index (κ3) is 4.03. The van der Waals surface area contributed by atoms with E-state index in [0.717, 1.165) is 0 Å². The number of carbonyl (C=O) groups is 1. The van der Waals surface area contributed by atoms with Crippen LogP contribution in [0.2, 0.25) is 0 Å². The van der Waals surface area contributed by atoms with Crippen LogP contribution in [0.4, 0.5) is 4.39 Å². The van der Waals surface area contributed by atoms with Crippen molar-refractivity contribution in [3.63, 3.8) is 0 Å². The largest absolute Gasteiger partial charge is 0.483 e. The van der Waals surface area contributed by atoms with Gasteiger partial charge in [0, 0.05) is 17.7 Å². The maximum atomic E-state index is 13.1. The zero-order chi connectivity index (χ0) is 13.5. The molecule has 0 unspecified atom stereocenters. The summed E-state index contributed by atoms with van der Waals surface area (Å²) >= 11 is 0. The summed E-state index contributed by atoms with van der Waals surface area (Å²) in [5.74, 6) is -0.680. The van der Waals surface area contributed by atoms with Gasteiger partial charge in [0.15, 0.2) is 6.61 Å². The van der Waals surface area contributed by atoms with Crippen molar-refractivity contribution in [2.75, 3.05) is 13.2 Å². The molecule has 0 bridgehead atoms. The van der Waals surface area contributed by atoms with E-state index in [1.807, 2.05) is 0 Å². The quantitative estimate of drug-likeness (QED) is 0.760. The Balaban J connectivity index is 2.69. The molecule has 0 aliphatic carbocycles. The summed E-state index contributed by atoms with van der Waals surface area (Å²) in [6.45, 7) is 1.35. The number of nitrogens with two attached hydrogens (primary N) is 1. The molecule has 0 radical (unpaired) electrons. The van der Waals surface area contributed by atoms with Gasteiger partial charge in [-0.05, 0) is 13.0 Å². The van der Waals surface area contributed by atoms with Crippen LogP contribution in [-0.4, -0.2) is 19.1 Å². The van der Waals surface area contributed by atoms with Crippen molar-refractivity contribution in [3.05, 3.63) is 29.6 Å². The minimum absolute atomic E-state index is 0.0918. The average molecular weight is 251 g/mol. The molecule has 1 amide bonds. The lowest BCUT2D eigenvalue weighted by molar-refractivity contribution is -0.122. The Bertz CT molecular complexity index is 469. The predicted molar refractivity (Wildman–Crippen MR) is 63.1 cm³/mol. The van der Waals surface area contributed by atoms with Crippen LogP contribution < -0.4 is 15.8 Å². The average Bonchev–Trinajstić information content (AvgIpc) is 2.33. The molecule has 5 nitrogen and oxygen atoms in total. The van der Waals surface area contributed by atoms with Gasteiger partial charge in [-0.2, -0.15) is 5.26 Å². The Morgan fingerprint density at radius 2 is 2.39 bits per heavy atom. The first kappa shape index (κ1) is 13.9. The van der Waals surface area contributed by atoms with Gasteiger partial charge in [-0.3, -0.25) is 4.79 Å². The topological polar surface area (TPSA) is 88.1 Å². The summed E-state index contributed by atoms with van der Waals surface area (Å²) in [6, 6.07) is 5.41. The molecule has 0 fully saturated rings. The molecule has 6 heteroatoms. The minimum atomic E-state index is -0.466. The number of benzene rings is 1. The number of ether oxygens (including phenoxy) is 1. The first-order chi connectivity index (χ1) is 8.54. The van der Waals surface area contributed by atoms with E-state index in [9.17, 15) is 9.18 Å². The number of hydrogen-bond acceptors (Lipinski definition) is 4. The fourth-order valence-corrected chi connectivity index (χ4v) is 1.34. The summed E-state index contributed by atoms with van der Waals surface area (Å²) in [4.78, 5) is 11.2. The number of amides is 1. The summed E-state index contributed by atoms with van der Waals surface area (Å²) in [5.41, 5.74) is 6.32. The van der Waals surface area contributed by atoms with Gasteiger partial charge in [0.1, 0.15) is 18.1 Å². The van der Waals surface area contributed by atoms with Crippen molar-refractivity contribution in [2.45, 2.75) is 13.0 Å². The van der Waals surface area contributed by atoms with Crippen LogP contribution in [-0.2, 0) is 4.79 Å². The molecule has 0 heterocycles. The Labute approximate surface area is 104 Å². The minimum Gasteiger partial charge on any atom is -0.483 e. The maximum Gasteiger partial charge on any atom is 0.258 e. The SMILES string of the molecule is C[C@@H](N)c1ccc(F)cc1OCC(=O)NCC#N. The Morgan fingerprint density at radius 1 is 1.67 bits per heavy atom. The van der Waals surface area contributed by atoms with Crippen LogP contribution in [0.5, 0.6) is 5.75 Å². The van der Waals surface area contributed by atoms with E-state index in [0.29, 0.717) is 5.56 Å². The highest BCUT2D eigenvalue weighted by atomic mass is 19.1. The smallest absolute Gasteiger partial charge is 0.258 e. The third-order valence-corrected chi connectivity index (χ3v) is 2.19. The number of nitriles is 1. The van der Waals surface area contributed by atoms with Crippen molar-refractivity contribution < 1.29 is 13.9 Å². The second-order valence-electron chi connectivity index (χ2n) is 3.69. The van der Waals surface area contributed by atoms with E-state index in [-0.39, 0.29) is 24.9 Å². The standard InChI is InChI=1S/C12H14FN3O2/c1-8(15)10-3-2-9(13)6-11(10)18-7-12(17)16-5-4-14/h2-3,6,8H,5,7,15H2,1H3,(H,16,17)/t8-/m1/s1. The molecule has 1 rings (SSSR count). The summed E-state index contributed by atoms with van der Waals surface area (Å²) in [5, 5.41) is 10.6. The van der Waals surface area contributed by atoms with Gasteiger partial charge in [0.25, 0.3) is 5.91 Å². The van der Waals surface area contributed by atoms with E-state index in [1.165, 1.54) is 18.2 Å². The van der Waals surface area contributed by atoms with E-state index in [4.69, 9.17) is 15.7 Å². The first-order valence-electron chi connectivity index (χ1n) is 5.36. The predicted octanol–water partition coefficient (Wildman–Crippen LogP) is 0.864. The number of nitrogens with one attached hydrogen (secondary N) is 1. The van der Waals surface area contributed by atoms with Gasteiger partial charge in [-0.15, -0.1) is 0 Å². The molecule has 18 heavy (non-hydrogen) atoms. The van der Waals surface area contributed by atoms with E-state index < -0.39 is 11.7 Å².